The molecule has 0 aromatic carbocycles. The normalized spacial score (nSPS) is 20.0. The van der Waals surface area contributed by atoms with E-state index in [1.54, 1.807) is 0 Å². The Morgan fingerprint density at radius 3 is 2.75 bits per heavy atom. The zero-order valence-electron chi connectivity index (χ0n) is 12.5. The van der Waals surface area contributed by atoms with Crippen molar-refractivity contribution in [3.8, 4) is 0 Å². The lowest BCUT2D eigenvalue weighted by atomic mass is 9.89. The van der Waals surface area contributed by atoms with Crippen molar-refractivity contribution >= 4 is 11.9 Å². The fraction of sp³-hybridized carbons (Fsp3) is 0.667. The van der Waals surface area contributed by atoms with E-state index in [0.29, 0.717) is 17.6 Å². The molecule has 110 valence electrons. The number of carboxylic acid groups (broad SMARTS) is 1. The van der Waals surface area contributed by atoms with E-state index in [1.807, 2.05) is 6.92 Å². The van der Waals surface area contributed by atoms with Crippen molar-refractivity contribution in [1.82, 2.24) is 9.97 Å². The standard InChI is InChI=1S/C15H23N3O2/c1-10(2)12-5-4-7-18(8-6-12)15-16-11(3)9-13(17-15)14(19)20/h9-10,12H,4-8H2,1-3H3,(H,19,20). The van der Waals surface area contributed by atoms with Gasteiger partial charge in [-0.1, -0.05) is 13.8 Å². The first-order valence-electron chi connectivity index (χ1n) is 7.31. The average Bonchev–Trinajstić information content (AvgIpc) is 2.63. The Hall–Kier alpha value is -1.65. The molecule has 5 nitrogen and oxygen atoms in total. The molecule has 1 unspecified atom stereocenters. The second kappa shape index (κ2) is 6.20. The van der Waals surface area contributed by atoms with Crippen molar-refractivity contribution in [2.75, 3.05) is 18.0 Å². The maximum absolute atomic E-state index is 11.1. The Bertz CT molecular complexity index is 488. The maximum Gasteiger partial charge on any atom is 0.354 e. The lowest BCUT2D eigenvalue weighted by Gasteiger charge is -2.22. The highest BCUT2D eigenvalue weighted by Crippen LogP contribution is 2.26. The van der Waals surface area contributed by atoms with Crippen LogP contribution in [0.4, 0.5) is 5.95 Å². The van der Waals surface area contributed by atoms with Crippen molar-refractivity contribution in [3.05, 3.63) is 17.5 Å². The molecule has 1 aliphatic heterocycles. The highest BCUT2D eigenvalue weighted by atomic mass is 16.4. The summed E-state index contributed by atoms with van der Waals surface area (Å²) in [5.41, 5.74) is 0.786. The molecule has 20 heavy (non-hydrogen) atoms. The third kappa shape index (κ3) is 3.46. The summed E-state index contributed by atoms with van der Waals surface area (Å²) in [6.07, 6.45) is 3.46. The van der Waals surface area contributed by atoms with Gasteiger partial charge in [0.1, 0.15) is 0 Å². The number of aromatic nitrogens is 2. The van der Waals surface area contributed by atoms with E-state index in [1.165, 1.54) is 12.5 Å². The number of anilines is 1. The number of nitrogens with zero attached hydrogens (tertiary/aromatic N) is 3. The van der Waals surface area contributed by atoms with Gasteiger partial charge in [-0.25, -0.2) is 14.8 Å². The Morgan fingerprint density at radius 2 is 2.10 bits per heavy atom. The van der Waals surface area contributed by atoms with Gasteiger partial charge in [-0.05, 0) is 44.1 Å². The monoisotopic (exact) mass is 277 g/mol. The maximum atomic E-state index is 11.1. The molecule has 0 radical (unpaired) electrons. The van der Waals surface area contributed by atoms with Gasteiger partial charge in [0.15, 0.2) is 5.69 Å². The second-order valence-corrected chi connectivity index (χ2v) is 5.92. The van der Waals surface area contributed by atoms with Gasteiger partial charge in [0.25, 0.3) is 0 Å². The van der Waals surface area contributed by atoms with Gasteiger partial charge < -0.3 is 10.0 Å². The number of carbonyl (C=O) groups is 1. The molecular weight excluding hydrogens is 254 g/mol. The first-order chi connectivity index (χ1) is 9.47. The van der Waals surface area contributed by atoms with Gasteiger partial charge in [-0.3, -0.25) is 0 Å². The molecule has 0 bridgehead atoms. The molecular formula is C15H23N3O2. The number of aromatic carboxylic acids is 1. The fourth-order valence-corrected chi connectivity index (χ4v) is 2.79. The summed E-state index contributed by atoms with van der Waals surface area (Å²) in [4.78, 5) is 21.8. The van der Waals surface area contributed by atoms with Crippen LogP contribution < -0.4 is 4.90 Å². The van der Waals surface area contributed by atoms with E-state index in [0.717, 1.165) is 31.8 Å². The Morgan fingerprint density at radius 1 is 1.35 bits per heavy atom. The third-order valence-corrected chi connectivity index (χ3v) is 4.06. The molecule has 2 heterocycles. The average molecular weight is 277 g/mol. The molecule has 1 aromatic rings. The molecule has 1 aromatic heterocycles. The van der Waals surface area contributed by atoms with Crippen LogP contribution in [0.3, 0.4) is 0 Å². The van der Waals surface area contributed by atoms with Gasteiger partial charge >= 0.3 is 5.97 Å². The number of carboxylic acids is 1. The van der Waals surface area contributed by atoms with Crippen molar-refractivity contribution in [2.24, 2.45) is 11.8 Å². The first-order valence-corrected chi connectivity index (χ1v) is 7.31. The van der Waals surface area contributed by atoms with Crippen molar-refractivity contribution in [3.63, 3.8) is 0 Å². The summed E-state index contributed by atoms with van der Waals surface area (Å²) in [6, 6.07) is 1.51. The second-order valence-electron chi connectivity index (χ2n) is 5.92. The minimum atomic E-state index is -0.994. The lowest BCUT2D eigenvalue weighted by Crippen LogP contribution is -2.27. The molecule has 1 atom stereocenters. The minimum Gasteiger partial charge on any atom is -0.477 e. The molecule has 0 spiro atoms. The van der Waals surface area contributed by atoms with Crippen LogP contribution in [0.2, 0.25) is 0 Å². The Balaban J connectivity index is 2.17. The summed E-state index contributed by atoms with van der Waals surface area (Å²) >= 11 is 0. The Kier molecular flexibility index (Phi) is 4.57. The smallest absolute Gasteiger partial charge is 0.354 e. The van der Waals surface area contributed by atoms with Gasteiger partial charge in [0.05, 0.1) is 0 Å². The van der Waals surface area contributed by atoms with E-state index in [-0.39, 0.29) is 5.69 Å². The van der Waals surface area contributed by atoms with Crippen LogP contribution >= 0.6 is 0 Å². The number of hydrogen-bond donors (Lipinski definition) is 1. The number of hydrogen-bond acceptors (Lipinski definition) is 4. The van der Waals surface area contributed by atoms with E-state index in [2.05, 4.69) is 28.7 Å². The molecule has 0 saturated carbocycles. The molecule has 1 saturated heterocycles. The van der Waals surface area contributed by atoms with Gasteiger partial charge in [-0.2, -0.15) is 0 Å². The topological polar surface area (TPSA) is 66.3 Å². The minimum absolute atomic E-state index is 0.0807. The summed E-state index contributed by atoms with van der Waals surface area (Å²) in [7, 11) is 0. The van der Waals surface area contributed by atoms with Crippen molar-refractivity contribution in [1.29, 1.82) is 0 Å². The molecule has 1 aliphatic rings. The summed E-state index contributed by atoms with van der Waals surface area (Å²) in [5, 5.41) is 9.09. The highest BCUT2D eigenvalue weighted by molar-refractivity contribution is 5.85. The zero-order chi connectivity index (χ0) is 14.7. The van der Waals surface area contributed by atoms with E-state index >= 15 is 0 Å². The Labute approximate surface area is 120 Å². The van der Waals surface area contributed by atoms with Crippen molar-refractivity contribution in [2.45, 2.75) is 40.0 Å². The van der Waals surface area contributed by atoms with E-state index in [4.69, 9.17) is 5.11 Å². The zero-order valence-corrected chi connectivity index (χ0v) is 12.5. The number of rotatable bonds is 3. The molecule has 1 fully saturated rings. The van der Waals surface area contributed by atoms with Crippen LogP contribution in [-0.4, -0.2) is 34.1 Å². The van der Waals surface area contributed by atoms with Gasteiger partial charge in [-0.15, -0.1) is 0 Å². The number of aryl methyl sites for hydroxylation is 1. The largest absolute Gasteiger partial charge is 0.477 e. The first kappa shape index (κ1) is 14.8. The molecule has 0 amide bonds. The van der Waals surface area contributed by atoms with Crippen LogP contribution in [0.15, 0.2) is 6.07 Å². The van der Waals surface area contributed by atoms with Crippen LogP contribution in [0, 0.1) is 18.8 Å². The molecule has 5 heteroatoms. The summed E-state index contributed by atoms with van der Waals surface area (Å²) < 4.78 is 0. The summed E-state index contributed by atoms with van der Waals surface area (Å²) in [6.45, 7) is 8.17. The predicted molar refractivity (Wildman–Crippen MR) is 78.1 cm³/mol. The molecule has 2 rings (SSSR count). The SMILES string of the molecule is Cc1cc(C(=O)O)nc(N2CCCC(C(C)C)CC2)n1. The van der Waals surface area contributed by atoms with E-state index < -0.39 is 5.97 Å². The highest BCUT2D eigenvalue weighted by Gasteiger charge is 2.21. The molecule has 0 aliphatic carbocycles. The van der Waals surface area contributed by atoms with Gasteiger partial charge in [0, 0.05) is 18.8 Å². The van der Waals surface area contributed by atoms with Crippen LogP contribution in [0.1, 0.15) is 49.3 Å². The summed E-state index contributed by atoms with van der Waals surface area (Å²) in [5.74, 6) is 1.00. The van der Waals surface area contributed by atoms with Crippen LogP contribution in [-0.2, 0) is 0 Å². The van der Waals surface area contributed by atoms with Crippen molar-refractivity contribution < 1.29 is 9.90 Å². The fourth-order valence-electron chi connectivity index (χ4n) is 2.79. The predicted octanol–water partition coefficient (Wildman–Crippen LogP) is 2.75. The van der Waals surface area contributed by atoms with E-state index in [9.17, 15) is 4.79 Å². The van der Waals surface area contributed by atoms with Crippen LogP contribution in [0.25, 0.3) is 0 Å². The van der Waals surface area contributed by atoms with Gasteiger partial charge in [0.2, 0.25) is 5.95 Å². The molecule has 1 N–H and O–H groups in total. The third-order valence-electron chi connectivity index (χ3n) is 4.06. The lowest BCUT2D eigenvalue weighted by molar-refractivity contribution is 0.0690. The quantitative estimate of drug-likeness (QED) is 0.920. The van der Waals surface area contributed by atoms with Crippen LogP contribution in [0.5, 0.6) is 0 Å².